The van der Waals surface area contributed by atoms with Crippen LogP contribution >= 0.6 is 15.9 Å². The highest BCUT2D eigenvalue weighted by Crippen LogP contribution is 2.31. The Morgan fingerprint density at radius 1 is 1.14 bits per heavy atom. The van der Waals surface area contributed by atoms with Gasteiger partial charge in [-0.1, -0.05) is 40.2 Å². The number of para-hydroxylation sites is 2. The maximum Gasteiger partial charge on any atom is 0.351 e. The largest absolute Gasteiger partial charge is 0.485 e. The Bertz CT molecular complexity index is 639. The van der Waals surface area contributed by atoms with E-state index in [9.17, 15) is 4.79 Å². The van der Waals surface area contributed by atoms with Crippen LogP contribution in [0.5, 0.6) is 11.5 Å². The van der Waals surface area contributed by atoms with Crippen LogP contribution in [0.2, 0.25) is 0 Å². The number of hydrogen-bond donors (Lipinski definition) is 0. The number of halogens is 1. The van der Waals surface area contributed by atoms with Crippen LogP contribution in [0.4, 0.5) is 0 Å². The van der Waals surface area contributed by atoms with Crippen molar-refractivity contribution in [3.63, 3.8) is 0 Å². The second-order valence-electron chi connectivity index (χ2n) is 4.60. The molecule has 0 saturated carbocycles. The molecule has 2 aromatic carbocycles. The van der Waals surface area contributed by atoms with Crippen molar-refractivity contribution < 1.29 is 19.0 Å². The minimum atomic E-state index is -0.727. The number of carbonyl (C=O) groups is 1. The van der Waals surface area contributed by atoms with Crippen LogP contribution in [0, 0.1) is 0 Å². The van der Waals surface area contributed by atoms with Crippen molar-refractivity contribution >= 4 is 21.9 Å². The molecule has 0 aromatic heterocycles. The average molecular weight is 349 g/mol. The monoisotopic (exact) mass is 348 g/mol. The van der Waals surface area contributed by atoms with E-state index in [1.54, 1.807) is 12.1 Å². The maximum atomic E-state index is 12.0. The number of fused-ring (bicyclic) bond motifs is 1. The lowest BCUT2D eigenvalue weighted by Gasteiger charge is -2.24. The van der Waals surface area contributed by atoms with E-state index in [0.29, 0.717) is 11.5 Å². The molecule has 1 unspecified atom stereocenters. The van der Waals surface area contributed by atoms with Crippen molar-refractivity contribution in [3.8, 4) is 11.5 Å². The summed E-state index contributed by atoms with van der Waals surface area (Å²) in [4.78, 5) is 12.0. The fraction of sp³-hybridized carbons (Fsp3) is 0.188. The Labute approximate surface area is 130 Å². The van der Waals surface area contributed by atoms with Crippen LogP contribution in [0.1, 0.15) is 5.56 Å². The zero-order chi connectivity index (χ0) is 14.7. The number of benzene rings is 2. The van der Waals surface area contributed by atoms with Gasteiger partial charge in [0, 0.05) is 4.47 Å². The number of hydrogen-bond acceptors (Lipinski definition) is 4. The molecule has 0 amide bonds. The lowest BCUT2D eigenvalue weighted by molar-refractivity contribution is -0.155. The Morgan fingerprint density at radius 3 is 2.62 bits per heavy atom. The quantitative estimate of drug-likeness (QED) is 0.798. The molecule has 4 nitrogen and oxygen atoms in total. The fourth-order valence-electron chi connectivity index (χ4n) is 1.96. The Kier molecular flexibility index (Phi) is 4.10. The standard InChI is InChI=1S/C16H13BrO4/c17-12-7-5-11(6-8-12)9-20-16(18)15-10-19-13-3-1-2-4-14(13)21-15/h1-8,15H,9-10H2. The molecule has 5 heteroatoms. The topological polar surface area (TPSA) is 44.8 Å². The van der Waals surface area contributed by atoms with E-state index in [-0.39, 0.29) is 13.2 Å². The Morgan fingerprint density at radius 2 is 1.86 bits per heavy atom. The van der Waals surface area contributed by atoms with Crippen molar-refractivity contribution in [2.75, 3.05) is 6.61 Å². The van der Waals surface area contributed by atoms with Crippen molar-refractivity contribution in [1.29, 1.82) is 0 Å². The summed E-state index contributed by atoms with van der Waals surface area (Å²) >= 11 is 3.36. The summed E-state index contributed by atoms with van der Waals surface area (Å²) in [5.41, 5.74) is 0.920. The summed E-state index contributed by atoms with van der Waals surface area (Å²) in [6.45, 7) is 0.379. The fourth-order valence-corrected chi connectivity index (χ4v) is 2.23. The van der Waals surface area contributed by atoms with Gasteiger partial charge in [-0.2, -0.15) is 0 Å². The molecule has 21 heavy (non-hydrogen) atoms. The molecular formula is C16H13BrO4. The summed E-state index contributed by atoms with van der Waals surface area (Å²) in [5.74, 6) is 0.788. The van der Waals surface area contributed by atoms with E-state index in [0.717, 1.165) is 10.0 Å². The first-order chi connectivity index (χ1) is 10.2. The predicted octanol–water partition coefficient (Wildman–Crippen LogP) is 3.33. The average Bonchev–Trinajstić information content (AvgIpc) is 2.53. The van der Waals surface area contributed by atoms with Gasteiger partial charge in [-0.15, -0.1) is 0 Å². The van der Waals surface area contributed by atoms with Gasteiger partial charge in [-0.05, 0) is 29.8 Å². The molecule has 0 fully saturated rings. The molecule has 0 bridgehead atoms. The smallest absolute Gasteiger partial charge is 0.351 e. The molecule has 0 spiro atoms. The molecule has 0 saturated heterocycles. The molecule has 2 aromatic rings. The molecule has 108 valence electrons. The molecule has 1 aliphatic heterocycles. The minimum Gasteiger partial charge on any atom is -0.485 e. The first kappa shape index (κ1) is 13.9. The van der Waals surface area contributed by atoms with E-state index in [2.05, 4.69) is 15.9 Å². The van der Waals surface area contributed by atoms with Gasteiger partial charge in [0.1, 0.15) is 13.2 Å². The van der Waals surface area contributed by atoms with E-state index < -0.39 is 12.1 Å². The van der Waals surface area contributed by atoms with E-state index in [1.807, 2.05) is 36.4 Å². The lowest BCUT2D eigenvalue weighted by Crippen LogP contribution is -2.37. The van der Waals surface area contributed by atoms with Gasteiger partial charge in [0.05, 0.1) is 0 Å². The predicted molar refractivity (Wildman–Crippen MR) is 80.3 cm³/mol. The van der Waals surface area contributed by atoms with Gasteiger partial charge < -0.3 is 14.2 Å². The van der Waals surface area contributed by atoms with Crippen LogP contribution in [0.15, 0.2) is 53.0 Å². The van der Waals surface area contributed by atoms with Crippen LogP contribution in [-0.4, -0.2) is 18.7 Å². The van der Waals surface area contributed by atoms with E-state index in [1.165, 1.54) is 0 Å². The van der Waals surface area contributed by atoms with E-state index in [4.69, 9.17) is 14.2 Å². The third kappa shape index (κ3) is 3.36. The minimum absolute atomic E-state index is 0.163. The van der Waals surface area contributed by atoms with Crippen molar-refractivity contribution in [2.24, 2.45) is 0 Å². The first-order valence-corrected chi connectivity index (χ1v) is 7.31. The normalized spacial score (nSPS) is 16.3. The van der Waals surface area contributed by atoms with Gasteiger partial charge in [0.25, 0.3) is 0 Å². The number of rotatable bonds is 3. The van der Waals surface area contributed by atoms with Gasteiger partial charge in [0.2, 0.25) is 6.10 Å². The van der Waals surface area contributed by atoms with E-state index >= 15 is 0 Å². The molecule has 0 aliphatic carbocycles. The first-order valence-electron chi connectivity index (χ1n) is 6.52. The molecule has 1 heterocycles. The van der Waals surface area contributed by atoms with Gasteiger partial charge in [0.15, 0.2) is 11.5 Å². The highest BCUT2D eigenvalue weighted by molar-refractivity contribution is 9.10. The van der Waals surface area contributed by atoms with Gasteiger partial charge in [-0.25, -0.2) is 4.79 Å². The lowest BCUT2D eigenvalue weighted by atomic mass is 10.2. The third-order valence-corrected chi connectivity index (χ3v) is 3.59. The third-order valence-electron chi connectivity index (χ3n) is 3.07. The van der Waals surface area contributed by atoms with Crippen LogP contribution in [0.3, 0.4) is 0 Å². The summed E-state index contributed by atoms with van der Waals surface area (Å²) in [6, 6.07) is 14.9. The molecule has 1 aliphatic rings. The maximum absolute atomic E-state index is 12.0. The van der Waals surface area contributed by atoms with Crippen LogP contribution in [0.25, 0.3) is 0 Å². The van der Waals surface area contributed by atoms with Crippen LogP contribution in [-0.2, 0) is 16.1 Å². The summed E-state index contributed by atoms with van der Waals surface area (Å²) in [5, 5.41) is 0. The Hall–Kier alpha value is -2.01. The molecular weight excluding hydrogens is 336 g/mol. The second-order valence-corrected chi connectivity index (χ2v) is 5.51. The number of ether oxygens (including phenoxy) is 3. The van der Waals surface area contributed by atoms with Crippen molar-refractivity contribution in [1.82, 2.24) is 0 Å². The molecule has 0 radical (unpaired) electrons. The summed E-state index contributed by atoms with van der Waals surface area (Å²) in [7, 11) is 0. The summed E-state index contributed by atoms with van der Waals surface area (Å²) < 4.78 is 17.3. The highest BCUT2D eigenvalue weighted by Gasteiger charge is 2.28. The zero-order valence-electron chi connectivity index (χ0n) is 11.1. The second kappa shape index (κ2) is 6.18. The van der Waals surface area contributed by atoms with Gasteiger partial charge >= 0.3 is 5.97 Å². The SMILES string of the molecule is O=C(OCc1ccc(Br)cc1)C1COc2ccccc2O1. The number of esters is 1. The molecule has 0 N–H and O–H groups in total. The molecule has 3 rings (SSSR count). The van der Waals surface area contributed by atoms with Crippen molar-refractivity contribution in [2.45, 2.75) is 12.7 Å². The highest BCUT2D eigenvalue weighted by atomic mass is 79.9. The molecule has 1 atom stereocenters. The summed E-state index contributed by atoms with van der Waals surface area (Å²) in [6.07, 6.45) is -0.727. The Balaban J connectivity index is 1.58. The van der Waals surface area contributed by atoms with Gasteiger partial charge in [-0.3, -0.25) is 0 Å². The number of carbonyl (C=O) groups excluding carboxylic acids is 1. The van der Waals surface area contributed by atoms with Crippen LogP contribution < -0.4 is 9.47 Å². The van der Waals surface area contributed by atoms with Crippen molar-refractivity contribution in [3.05, 3.63) is 58.6 Å². The zero-order valence-corrected chi connectivity index (χ0v) is 12.7.